The Hall–Kier alpha value is -2.54. The number of carbonyl (C=O) groups excluding carboxylic acids is 1. The molecule has 2 N–H and O–H groups in total. The molecule has 0 spiro atoms. The number of phenols is 1. The van der Waals surface area contributed by atoms with Crippen LogP contribution in [0.2, 0.25) is 0 Å². The Bertz CT molecular complexity index is 852. The Morgan fingerprint density at radius 3 is 1.93 bits per heavy atom. The topological polar surface area (TPSA) is 92.7 Å². The van der Waals surface area contributed by atoms with Crippen LogP contribution in [0, 0.1) is 13.8 Å². The monoisotopic (exact) mass is 423 g/mol. The first-order chi connectivity index (χ1) is 13.6. The summed E-state index contributed by atoms with van der Waals surface area (Å²) in [6, 6.07) is 10.3. The molecule has 0 saturated heterocycles. The van der Waals surface area contributed by atoms with E-state index in [0.29, 0.717) is 12.2 Å². The van der Waals surface area contributed by atoms with E-state index in [1.807, 2.05) is 58.4 Å². The number of aryl methyl sites for hydroxylation is 3. The molecule has 0 unspecified atom stereocenters. The normalized spacial score (nSPS) is 10.0. The molecule has 0 atom stereocenters. The second kappa shape index (κ2) is 12.8. The molecule has 2 aromatic rings. The fourth-order valence-corrected chi connectivity index (χ4v) is 3.01. The molecule has 0 saturated carbocycles. The smallest absolute Gasteiger partial charge is 0.233 e. The van der Waals surface area contributed by atoms with Gasteiger partial charge in [0.1, 0.15) is 17.2 Å². The molecule has 162 valence electrons. The first kappa shape index (κ1) is 26.5. The van der Waals surface area contributed by atoms with Crippen molar-refractivity contribution < 1.29 is 23.1 Å². The molecule has 2 rings (SSSR count). The van der Waals surface area contributed by atoms with E-state index in [4.69, 9.17) is 4.74 Å². The van der Waals surface area contributed by atoms with Crippen LogP contribution in [0.1, 0.15) is 50.8 Å². The molecule has 0 heterocycles. The van der Waals surface area contributed by atoms with Crippen LogP contribution >= 0.6 is 0 Å². The van der Waals surface area contributed by atoms with E-state index >= 15 is 0 Å². The average molecular weight is 424 g/mol. The summed E-state index contributed by atoms with van der Waals surface area (Å²) in [6.07, 6.45) is 1.47. The van der Waals surface area contributed by atoms with Crippen molar-refractivity contribution in [1.82, 2.24) is 4.72 Å². The van der Waals surface area contributed by atoms with E-state index in [-0.39, 0.29) is 12.2 Å². The fraction of sp³-hybridized carbons (Fsp3) is 0.409. The number of hydrogen-bond donors (Lipinski definition) is 2. The third-order valence-corrected chi connectivity index (χ3v) is 4.12. The van der Waals surface area contributed by atoms with Crippen molar-refractivity contribution in [2.45, 2.75) is 54.4 Å². The summed E-state index contributed by atoms with van der Waals surface area (Å²) in [7, 11) is -3.53. The number of nitrogens with one attached hydrogen (secondary N) is 1. The Morgan fingerprint density at radius 1 is 1.00 bits per heavy atom. The van der Waals surface area contributed by atoms with Crippen LogP contribution in [0.25, 0.3) is 0 Å². The van der Waals surface area contributed by atoms with Crippen molar-refractivity contribution in [3.8, 4) is 17.2 Å². The summed E-state index contributed by atoms with van der Waals surface area (Å²) in [4.78, 5) is 11.6. The van der Waals surface area contributed by atoms with Crippen molar-refractivity contribution >= 4 is 15.9 Å². The second-order valence-electron chi connectivity index (χ2n) is 5.95. The number of hydrogen-bond acceptors (Lipinski definition) is 5. The first-order valence-electron chi connectivity index (χ1n) is 9.71. The minimum Gasteiger partial charge on any atom is -0.508 e. The van der Waals surface area contributed by atoms with Gasteiger partial charge in [-0.1, -0.05) is 39.8 Å². The minimum atomic E-state index is -3.53. The number of aromatic hydroxyl groups is 1. The van der Waals surface area contributed by atoms with E-state index in [1.54, 1.807) is 24.3 Å². The zero-order chi connectivity index (χ0) is 22.6. The van der Waals surface area contributed by atoms with Gasteiger partial charge in [-0.15, -0.1) is 0 Å². The van der Waals surface area contributed by atoms with Gasteiger partial charge in [0.15, 0.2) is 0 Å². The molecule has 0 aliphatic carbocycles. The van der Waals surface area contributed by atoms with E-state index in [9.17, 15) is 18.3 Å². The molecular weight excluding hydrogens is 390 g/mol. The molecule has 7 heteroatoms. The predicted molar refractivity (Wildman–Crippen MR) is 118 cm³/mol. The second-order valence-corrected chi connectivity index (χ2v) is 7.70. The summed E-state index contributed by atoms with van der Waals surface area (Å²) >= 11 is 0. The summed E-state index contributed by atoms with van der Waals surface area (Å²) in [6.45, 7) is 11.8. The lowest BCUT2D eigenvalue weighted by Crippen LogP contribution is -2.29. The number of amides is 1. The Morgan fingerprint density at radius 2 is 1.48 bits per heavy atom. The van der Waals surface area contributed by atoms with Crippen LogP contribution in [-0.2, 0) is 21.2 Å². The summed E-state index contributed by atoms with van der Waals surface area (Å²) in [5.41, 5.74) is 2.75. The molecule has 0 aromatic heterocycles. The maximum absolute atomic E-state index is 11.6. The third kappa shape index (κ3) is 9.99. The van der Waals surface area contributed by atoms with Gasteiger partial charge in [-0.05, 0) is 61.2 Å². The summed E-state index contributed by atoms with van der Waals surface area (Å²) in [5.74, 6) is 0.977. The Balaban J connectivity index is 0.00000184. The van der Waals surface area contributed by atoms with Crippen LogP contribution in [-0.4, -0.2) is 25.7 Å². The maximum Gasteiger partial charge on any atom is 0.233 e. The highest BCUT2D eigenvalue weighted by Gasteiger charge is 2.11. The highest BCUT2D eigenvalue weighted by atomic mass is 32.2. The molecule has 6 nitrogen and oxygen atoms in total. The Labute approximate surface area is 175 Å². The van der Waals surface area contributed by atoms with Crippen molar-refractivity contribution in [3.63, 3.8) is 0 Å². The molecule has 1 amide bonds. The quantitative estimate of drug-likeness (QED) is 0.692. The lowest BCUT2D eigenvalue weighted by molar-refractivity contribution is -0.119. The highest BCUT2D eigenvalue weighted by Crippen LogP contribution is 2.31. The lowest BCUT2D eigenvalue weighted by Gasteiger charge is -2.14. The number of phenolic OH excluding ortho intramolecular Hbond substituents is 1. The van der Waals surface area contributed by atoms with E-state index in [0.717, 1.165) is 28.7 Å². The first-order valence-corrected chi connectivity index (χ1v) is 11.6. The van der Waals surface area contributed by atoms with Crippen LogP contribution in [0.15, 0.2) is 36.4 Å². The summed E-state index contributed by atoms with van der Waals surface area (Å²) < 4.78 is 29.9. The van der Waals surface area contributed by atoms with Crippen LogP contribution < -0.4 is 9.46 Å². The number of carbonyl (C=O) groups is 1. The molecule has 0 fully saturated rings. The van der Waals surface area contributed by atoms with E-state index in [2.05, 4.69) is 0 Å². The zero-order valence-electron chi connectivity index (χ0n) is 18.4. The van der Waals surface area contributed by atoms with Gasteiger partial charge in [0.25, 0.3) is 0 Å². The Kier molecular flexibility index (Phi) is 11.7. The van der Waals surface area contributed by atoms with Gasteiger partial charge < -0.3 is 9.84 Å². The van der Waals surface area contributed by atoms with Crippen LogP contribution in [0.5, 0.6) is 17.2 Å². The molecule has 0 aliphatic heterocycles. The predicted octanol–water partition coefficient (Wildman–Crippen LogP) is 4.86. The molecule has 0 radical (unpaired) electrons. The summed E-state index contributed by atoms with van der Waals surface area (Å²) in [5, 5.41) is 9.32. The number of rotatable bonds is 6. The lowest BCUT2D eigenvalue weighted by atomic mass is 10.0. The van der Waals surface area contributed by atoms with Gasteiger partial charge in [-0.3, -0.25) is 9.52 Å². The molecule has 2 aromatic carbocycles. The van der Waals surface area contributed by atoms with Gasteiger partial charge in [0.05, 0.1) is 6.26 Å². The highest BCUT2D eigenvalue weighted by molar-refractivity contribution is 7.89. The van der Waals surface area contributed by atoms with Gasteiger partial charge in [0.2, 0.25) is 15.9 Å². The number of benzene rings is 2. The average Bonchev–Trinajstić information content (AvgIpc) is 2.66. The maximum atomic E-state index is 11.6. The largest absolute Gasteiger partial charge is 0.508 e. The van der Waals surface area contributed by atoms with E-state index < -0.39 is 15.9 Å². The molecule has 0 bridgehead atoms. The van der Waals surface area contributed by atoms with Crippen LogP contribution in [0.3, 0.4) is 0 Å². The van der Waals surface area contributed by atoms with Crippen molar-refractivity contribution in [3.05, 3.63) is 53.1 Å². The standard InChI is InChI=1S/C18H21NO5S.2C2H6/c1-12-10-14(4-9-17(21)19-25(3,22)23)11-13(2)18(12)24-16-7-5-15(20)6-8-16;2*1-2/h5-8,10-11,20H,4,9H2,1-3H3,(H,19,21);2*1-2H3. The van der Waals surface area contributed by atoms with E-state index in [1.165, 1.54) is 0 Å². The van der Waals surface area contributed by atoms with Gasteiger partial charge in [0, 0.05) is 6.42 Å². The number of sulfonamides is 1. The molecule has 0 aliphatic rings. The van der Waals surface area contributed by atoms with Gasteiger partial charge in [-0.25, -0.2) is 8.42 Å². The van der Waals surface area contributed by atoms with Gasteiger partial charge in [-0.2, -0.15) is 0 Å². The SMILES string of the molecule is CC.CC.Cc1cc(CCC(=O)NS(C)(=O)=O)cc(C)c1Oc1ccc(O)cc1. The fourth-order valence-electron chi connectivity index (χ4n) is 2.49. The molecule has 29 heavy (non-hydrogen) atoms. The van der Waals surface area contributed by atoms with Gasteiger partial charge >= 0.3 is 0 Å². The van der Waals surface area contributed by atoms with Crippen molar-refractivity contribution in [1.29, 1.82) is 0 Å². The van der Waals surface area contributed by atoms with Crippen molar-refractivity contribution in [2.24, 2.45) is 0 Å². The number of ether oxygens (including phenoxy) is 1. The molecular formula is C22H33NO5S. The third-order valence-electron chi connectivity index (χ3n) is 3.52. The zero-order valence-corrected chi connectivity index (χ0v) is 19.2. The van der Waals surface area contributed by atoms with Crippen LogP contribution in [0.4, 0.5) is 0 Å². The van der Waals surface area contributed by atoms with Crippen molar-refractivity contribution in [2.75, 3.05) is 6.26 Å². The minimum absolute atomic E-state index is 0.0874.